The van der Waals surface area contributed by atoms with Crippen LogP contribution in [0.3, 0.4) is 0 Å². The highest BCUT2D eigenvalue weighted by Gasteiger charge is 2.41. The second-order valence-corrected chi connectivity index (χ2v) is 7.27. The highest BCUT2D eigenvalue weighted by molar-refractivity contribution is 7.99. The molecule has 0 saturated carbocycles. The van der Waals surface area contributed by atoms with Crippen molar-refractivity contribution < 1.29 is 9.84 Å². The molecule has 3 heterocycles. The van der Waals surface area contributed by atoms with Crippen molar-refractivity contribution in [2.75, 3.05) is 18.1 Å². The van der Waals surface area contributed by atoms with Crippen molar-refractivity contribution in [2.24, 2.45) is 0 Å². The molecule has 3 rings (SSSR count). The van der Waals surface area contributed by atoms with Gasteiger partial charge in [-0.3, -0.25) is 4.68 Å². The highest BCUT2D eigenvalue weighted by Crippen LogP contribution is 2.42. The lowest BCUT2D eigenvalue weighted by Gasteiger charge is -2.38. The van der Waals surface area contributed by atoms with E-state index in [0.717, 1.165) is 49.3 Å². The van der Waals surface area contributed by atoms with Crippen LogP contribution in [-0.2, 0) is 24.2 Å². The molecule has 1 aromatic heterocycles. The third-order valence-corrected chi connectivity index (χ3v) is 6.13. The summed E-state index contributed by atoms with van der Waals surface area (Å²) >= 11 is 2.01. The molecule has 2 fully saturated rings. The summed E-state index contributed by atoms with van der Waals surface area (Å²) in [6.45, 7) is 5.22. The lowest BCUT2D eigenvalue weighted by atomic mass is 9.89. The summed E-state index contributed by atoms with van der Waals surface area (Å²) in [5, 5.41) is 14.5. The Morgan fingerprint density at radius 2 is 2.29 bits per heavy atom. The van der Waals surface area contributed by atoms with Crippen LogP contribution in [0.4, 0.5) is 0 Å². The third kappa shape index (κ3) is 2.76. The Balaban J connectivity index is 1.90. The summed E-state index contributed by atoms with van der Waals surface area (Å²) in [5.74, 6) is 2.34. The van der Waals surface area contributed by atoms with E-state index in [1.165, 1.54) is 17.9 Å². The first-order valence-corrected chi connectivity index (χ1v) is 9.30. The van der Waals surface area contributed by atoms with Crippen molar-refractivity contribution in [2.45, 2.75) is 64.2 Å². The molecule has 1 aromatic rings. The van der Waals surface area contributed by atoms with Gasteiger partial charge in [-0.15, -0.1) is 0 Å². The summed E-state index contributed by atoms with van der Waals surface area (Å²) in [5.41, 5.74) is 3.43. The number of ether oxygens (including phenoxy) is 1. The van der Waals surface area contributed by atoms with Gasteiger partial charge < -0.3 is 9.84 Å². The van der Waals surface area contributed by atoms with Crippen molar-refractivity contribution in [3.05, 3.63) is 17.0 Å². The minimum atomic E-state index is 0.0797. The normalized spacial score (nSPS) is 29.4. The largest absolute Gasteiger partial charge is 0.392 e. The maximum Gasteiger partial charge on any atom is 0.0800 e. The summed E-state index contributed by atoms with van der Waals surface area (Å²) in [6, 6.07) is 0.429. The zero-order valence-corrected chi connectivity index (χ0v) is 13.9. The standard InChI is InChI=1S/C16H26N2O2S/c1-3-14-13(10-19)15(4-2)18(17-14)12-5-7-20-16(9-12)6-8-21-11-16/h12,19H,3-11H2,1-2H3. The number of hydrogen-bond acceptors (Lipinski definition) is 4. The Bertz CT molecular complexity index is 495. The van der Waals surface area contributed by atoms with E-state index in [-0.39, 0.29) is 12.2 Å². The van der Waals surface area contributed by atoms with Crippen molar-refractivity contribution >= 4 is 11.8 Å². The van der Waals surface area contributed by atoms with Crippen LogP contribution in [0.5, 0.6) is 0 Å². The predicted molar refractivity (Wildman–Crippen MR) is 85.8 cm³/mol. The molecule has 0 aliphatic carbocycles. The predicted octanol–water partition coefficient (Wildman–Crippen LogP) is 2.73. The quantitative estimate of drug-likeness (QED) is 0.929. The first-order chi connectivity index (χ1) is 10.2. The molecule has 21 heavy (non-hydrogen) atoms. The molecule has 5 heteroatoms. The SMILES string of the molecule is CCc1nn(C2CCOC3(CCSC3)C2)c(CC)c1CO. The van der Waals surface area contributed by atoms with Gasteiger partial charge in [-0.1, -0.05) is 13.8 Å². The molecule has 4 nitrogen and oxygen atoms in total. The van der Waals surface area contributed by atoms with E-state index >= 15 is 0 Å². The fourth-order valence-electron chi connectivity index (χ4n) is 3.77. The molecule has 2 aliphatic rings. The van der Waals surface area contributed by atoms with Crippen molar-refractivity contribution in [1.29, 1.82) is 0 Å². The molecule has 2 unspecified atom stereocenters. The molecule has 0 amide bonds. The number of aromatic nitrogens is 2. The number of nitrogens with zero attached hydrogens (tertiary/aromatic N) is 2. The van der Waals surface area contributed by atoms with Crippen LogP contribution in [-0.4, -0.2) is 38.6 Å². The second kappa shape index (κ2) is 6.31. The van der Waals surface area contributed by atoms with E-state index in [2.05, 4.69) is 18.5 Å². The minimum absolute atomic E-state index is 0.0797. The number of hydrogen-bond donors (Lipinski definition) is 1. The first kappa shape index (κ1) is 15.4. The molecule has 1 N–H and O–H groups in total. The van der Waals surface area contributed by atoms with Gasteiger partial charge in [0.25, 0.3) is 0 Å². The smallest absolute Gasteiger partial charge is 0.0800 e. The molecule has 0 aromatic carbocycles. The van der Waals surface area contributed by atoms with Crippen molar-refractivity contribution in [3.8, 4) is 0 Å². The Morgan fingerprint density at radius 1 is 1.43 bits per heavy atom. The van der Waals surface area contributed by atoms with Gasteiger partial charge >= 0.3 is 0 Å². The van der Waals surface area contributed by atoms with Gasteiger partial charge in [-0.05, 0) is 37.9 Å². The molecule has 0 radical (unpaired) electrons. The van der Waals surface area contributed by atoms with E-state index in [0.29, 0.717) is 6.04 Å². The minimum Gasteiger partial charge on any atom is -0.392 e. The summed E-state index contributed by atoms with van der Waals surface area (Å²) in [7, 11) is 0. The summed E-state index contributed by atoms with van der Waals surface area (Å²) in [4.78, 5) is 0. The van der Waals surface area contributed by atoms with E-state index in [4.69, 9.17) is 9.84 Å². The second-order valence-electron chi connectivity index (χ2n) is 6.16. The molecule has 2 saturated heterocycles. The van der Waals surface area contributed by atoms with Gasteiger partial charge in [0, 0.05) is 23.6 Å². The van der Waals surface area contributed by atoms with Gasteiger partial charge in [0.2, 0.25) is 0 Å². The fourth-order valence-corrected chi connectivity index (χ4v) is 5.15. The maximum atomic E-state index is 9.70. The molecule has 2 atom stereocenters. The Kier molecular flexibility index (Phi) is 4.62. The summed E-state index contributed by atoms with van der Waals surface area (Å²) < 4.78 is 8.35. The maximum absolute atomic E-state index is 9.70. The number of rotatable bonds is 4. The van der Waals surface area contributed by atoms with Gasteiger partial charge in [0.1, 0.15) is 0 Å². The van der Waals surface area contributed by atoms with Crippen LogP contribution in [0.1, 0.15) is 56.1 Å². The molecular formula is C16H26N2O2S. The zero-order valence-electron chi connectivity index (χ0n) is 13.1. The van der Waals surface area contributed by atoms with Crippen LogP contribution in [0.15, 0.2) is 0 Å². The fraction of sp³-hybridized carbons (Fsp3) is 0.812. The first-order valence-electron chi connectivity index (χ1n) is 8.14. The Hall–Kier alpha value is -0.520. The van der Waals surface area contributed by atoms with Crippen LogP contribution >= 0.6 is 11.8 Å². The van der Waals surface area contributed by atoms with E-state index < -0.39 is 0 Å². The lowest BCUT2D eigenvalue weighted by molar-refractivity contribution is -0.0782. The number of aliphatic hydroxyl groups is 1. The molecule has 118 valence electrons. The zero-order chi connectivity index (χ0) is 14.9. The van der Waals surface area contributed by atoms with Crippen molar-refractivity contribution in [1.82, 2.24) is 9.78 Å². The average Bonchev–Trinajstić information content (AvgIpc) is 3.10. The third-order valence-electron chi connectivity index (χ3n) is 4.91. The molecule has 2 aliphatic heterocycles. The average molecular weight is 310 g/mol. The van der Waals surface area contributed by atoms with Crippen LogP contribution in [0, 0.1) is 0 Å². The van der Waals surface area contributed by atoms with Crippen LogP contribution in [0.25, 0.3) is 0 Å². The Labute approximate surface area is 131 Å². The highest BCUT2D eigenvalue weighted by atomic mass is 32.2. The van der Waals surface area contributed by atoms with Gasteiger partial charge in [-0.25, -0.2) is 0 Å². The van der Waals surface area contributed by atoms with Crippen LogP contribution < -0.4 is 0 Å². The van der Waals surface area contributed by atoms with Gasteiger partial charge in [0.15, 0.2) is 0 Å². The molecule has 1 spiro atoms. The van der Waals surface area contributed by atoms with Crippen LogP contribution in [0.2, 0.25) is 0 Å². The Morgan fingerprint density at radius 3 is 2.90 bits per heavy atom. The molecular weight excluding hydrogens is 284 g/mol. The number of thioether (sulfide) groups is 1. The van der Waals surface area contributed by atoms with Crippen molar-refractivity contribution in [3.63, 3.8) is 0 Å². The monoisotopic (exact) mass is 310 g/mol. The van der Waals surface area contributed by atoms with E-state index in [9.17, 15) is 5.11 Å². The van der Waals surface area contributed by atoms with E-state index in [1.54, 1.807) is 0 Å². The number of aryl methyl sites for hydroxylation is 1. The van der Waals surface area contributed by atoms with Gasteiger partial charge in [0.05, 0.1) is 23.9 Å². The topological polar surface area (TPSA) is 47.3 Å². The number of aliphatic hydroxyl groups excluding tert-OH is 1. The van der Waals surface area contributed by atoms with E-state index in [1.807, 2.05) is 11.8 Å². The summed E-state index contributed by atoms with van der Waals surface area (Å²) in [6.07, 6.45) is 5.10. The van der Waals surface area contributed by atoms with Gasteiger partial charge in [-0.2, -0.15) is 16.9 Å². The molecule has 0 bridgehead atoms. The lowest BCUT2D eigenvalue weighted by Crippen LogP contribution is -2.41.